The van der Waals surface area contributed by atoms with Gasteiger partial charge in [0.1, 0.15) is 21.7 Å². The molecule has 0 fully saturated rings. The number of esters is 1. The van der Waals surface area contributed by atoms with Crippen molar-refractivity contribution >= 4 is 29.2 Å². The predicted molar refractivity (Wildman–Crippen MR) is 92.1 cm³/mol. The number of rotatable bonds is 6. The Morgan fingerprint density at radius 1 is 1.00 bits per heavy atom. The maximum atomic E-state index is 11.7. The first-order chi connectivity index (χ1) is 11.3. The zero-order valence-corrected chi connectivity index (χ0v) is 15.0. The molecule has 0 saturated heterocycles. The zero-order chi connectivity index (χ0) is 17.7. The van der Waals surface area contributed by atoms with Crippen LogP contribution >= 0.6 is 23.2 Å². The molecule has 0 amide bonds. The van der Waals surface area contributed by atoms with E-state index >= 15 is 0 Å². The molecule has 2 aromatic rings. The highest BCUT2D eigenvalue weighted by molar-refractivity contribution is 6.33. The molecule has 0 aliphatic heterocycles. The number of aromatic nitrogens is 1. The monoisotopic (exact) mass is 369 g/mol. The third-order valence-corrected chi connectivity index (χ3v) is 3.31. The molecule has 0 bridgehead atoms. The number of pyridine rings is 1. The van der Waals surface area contributed by atoms with Crippen molar-refractivity contribution in [3.05, 3.63) is 46.6 Å². The van der Waals surface area contributed by atoms with Gasteiger partial charge in [-0.05, 0) is 57.2 Å². The van der Waals surface area contributed by atoms with Crippen molar-refractivity contribution in [2.75, 3.05) is 0 Å². The molecule has 128 valence electrons. The van der Waals surface area contributed by atoms with Crippen molar-refractivity contribution in [2.24, 2.45) is 0 Å². The smallest absolute Gasteiger partial charge is 0.347 e. The van der Waals surface area contributed by atoms with Gasteiger partial charge in [0.05, 0.1) is 6.10 Å². The molecule has 0 aliphatic carbocycles. The number of hydrogen-bond acceptors (Lipinski definition) is 5. The van der Waals surface area contributed by atoms with E-state index in [0.717, 1.165) is 0 Å². The summed E-state index contributed by atoms with van der Waals surface area (Å²) in [4.78, 5) is 15.7. The van der Waals surface area contributed by atoms with E-state index < -0.39 is 12.1 Å². The summed E-state index contributed by atoms with van der Waals surface area (Å²) in [6.07, 6.45) is -0.891. The number of hydrogen-bond donors (Lipinski definition) is 0. The van der Waals surface area contributed by atoms with Gasteiger partial charge in [-0.2, -0.15) is 4.98 Å². The van der Waals surface area contributed by atoms with Crippen molar-refractivity contribution < 1.29 is 19.0 Å². The summed E-state index contributed by atoms with van der Waals surface area (Å²) in [5.41, 5.74) is 0. The Kier molecular flexibility index (Phi) is 6.29. The Bertz CT molecular complexity index is 704. The van der Waals surface area contributed by atoms with Crippen LogP contribution < -0.4 is 9.47 Å². The zero-order valence-electron chi connectivity index (χ0n) is 13.5. The van der Waals surface area contributed by atoms with Gasteiger partial charge in [-0.1, -0.05) is 23.2 Å². The second-order valence-electron chi connectivity index (χ2n) is 5.24. The van der Waals surface area contributed by atoms with Crippen LogP contribution in [-0.2, 0) is 9.53 Å². The second kappa shape index (κ2) is 8.22. The van der Waals surface area contributed by atoms with Crippen LogP contribution in [-0.4, -0.2) is 23.2 Å². The number of benzene rings is 1. The van der Waals surface area contributed by atoms with Gasteiger partial charge in [-0.3, -0.25) is 0 Å². The average molecular weight is 370 g/mol. The molecule has 0 spiro atoms. The molecule has 24 heavy (non-hydrogen) atoms. The van der Waals surface area contributed by atoms with Crippen molar-refractivity contribution in [2.45, 2.75) is 33.0 Å². The topological polar surface area (TPSA) is 57.7 Å². The minimum atomic E-state index is -0.705. The van der Waals surface area contributed by atoms with E-state index in [2.05, 4.69) is 4.98 Å². The molecule has 0 radical (unpaired) electrons. The molecular weight excluding hydrogens is 353 g/mol. The summed E-state index contributed by atoms with van der Waals surface area (Å²) in [7, 11) is 0. The first-order valence-corrected chi connectivity index (χ1v) is 8.08. The first-order valence-electron chi connectivity index (χ1n) is 7.32. The van der Waals surface area contributed by atoms with E-state index in [1.165, 1.54) is 0 Å². The van der Waals surface area contributed by atoms with Gasteiger partial charge in [0, 0.05) is 0 Å². The fourth-order valence-electron chi connectivity index (χ4n) is 1.75. The van der Waals surface area contributed by atoms with Gasteiger partial charge < -0.3 is 14.2 Å². The number of halogens is 2. The molecule has 2 rings (SSSR count). The quantitative estimate of drug-likeness (QED) is 0.535. The highest BCUT2D eigenvalue weighted by Crippen LogP contribution is 2.29. The molecule has 0 saturated carbocycles. The minimum absolute atomic E-state index is 0.186. The normalized spacial score (nSPS) is 11.9. The third kappa shape index (κ3) is 5.28. The summed E-state index contributed by atoms with van der Waals surface area (Å²) < 4.78 is 16.2. The Hall–Kier alpha value is -1.98. The van der Waals surface area contributed by atoms with Gasteiger partial charge in [-0.25, -0.2) is 4.79 Å². The minimum Gasteiger partial charge on any atom is -0.479 e. The van der Waals surface area contributed by atoms with E-state index in [9.17, 15) is 4.79 Å². The fourth-order valence-corrected chi connectivity index (χ4v) is 2.03. The summed E-state index contributed by atoms with van der Waals surface area (Å²) >= 11 is 11.8. The van der Waals surface area contributed by atoms with Crippen LogP contribution in [0.15, 0.2) is 36.4 Å². The molecule has 0 aliphatic rings. The van der Waals surface area contributed by atoms with Gasteiger partial charge in [-0.15, -0.1) is 0 Å². The molecule has 7 heteroatoms. The van der Waals surface area contributed by atoms with E-state index in [1.54, 1.807) is 57.2 Å². The van der Waals surface area contributed by atoms with E-state index in [1.807, 2.05) is 0 Å². The lowest BCUT2D eigenvalue weighted by Crippen LogP contribution is -2.28. The fraction of sp³-hybridized carbons (Fsp3) is 0.294. The Morgan fingerprint density at radius 3 is 2.25 bits per heavy atom. The van der Waals surface area contributed by atoms with Crippen LogP contribution in [0.1, 0.15) is 20.8 Å². The van der Waals surface area contributed by atoms with E-state index in [4.69, 9.17) is 37.4 Å². The van der Waals surface area contributed by atoms with Crippen molar-refractivity contribution in [3.8, 4) is 17.4 Å². The van der Waals surface area contributed by atoms with E-state index in [-0.39, 0.29) is 17.1 Å². The lowest BCUT2D eigenvalue weighted by atomic mass is 10.3. The first kappa shape index (κ1) is 18.4. The Balaban J connectivity index is 2.00. The Morgan fingerprint density at radius 2 is 1.62 bits per heavy atom. The summed E-state index contributed by atoms with van der Waals surface area (Å²) in [5, 5.41) is 0.636. The van der Waals surface area contributed by atoms with Crippen molar-refractivity contribution in [1.29, 1.82) is 0 Å². The SMILES string of the molecule is CC(C)OC(=O)[C@H](C)Oc1ccc(Oc2nc(Cl)ccc2Cl)cc1. The van der Waals surface area contributed by atoms with Crippen LogP contribution in [0.3, 0.4) is 0 Å². The van der Waals surface area contributed by atoms with Gasteiger partial charge in [0.2, 0.25) is 5.88 Å². The van der Waals surface area contributed by atoms with Crippen LogP contribution in [0.2, 0.25) is 10.2 Å². The maximum absolute atomic E-state index is 11.7. The highest BCUT2D eigenvalue weighted by atomic mass is 35.5. The number of carbonyl (C=O) groups is 1. The number of nitrogens with zero attached hydrogens (tertiary/aromatic N) is 1. The average Bonchev–Trinajstić information content (AvgIpc) is 2.52. The van der Waals surface area contributed by atoms with Gasteiger partial charge in [0.25, 0.3) is 0 Å². The van der Waals surface area contributed by atoms with Gasteiger partial charge >= 0.3 is 5.97 Å². The van der Waals surface area contributed by atoms with Gasteiger partial charge in [0.15, 0.2) is 6.10 Å². The summed E-state index contributed by atoms with van der Waals surface area (Å²) in [6.45, 7) is 5.20. The molecule has 1 heterocycles. The lowest BCUT2D eigenvalue weighted by molar-refractivity contribution is -0.154. The number of ether oxygens (including phenoxy) is 3. The standard InChI is InChI=1S/C17H17Cl2NO4/c1-10(2)22-17(21)11(3)23-12-4-6-13(7-5-12)24-16-14(18)8-9-15(19)20-16/h4-11H,1-3H3/t11-/m0/s1. The molecule has 1 aromatic carbocycles. The van der Waals surface area contributed by atoms with Crippen LogP contribution in [0.5, 0.6) is 17.4 Å². The molecule has 5 nitrogen and oxygen atoms in total. The Labute approximate surface area is 150 Å². The lowest BCUT2D eigenvalue weighted by Gasteiger charge is -2.16. The molecule has 0 unspecified atom stereocenters. The largest absolute Gasteiger partial charge is 0.479 e. The molecule has 1 aromatic heterocycles. The van der Waals surface area contributed by atoms with E-state index in [0.29, 0.717) is 16.5 Å². The number of carbonyl (C=O) groups excluding carboxylic acids is 1. The summed E-state index contributed by atoms with van der Waals surface area (Å²) in [5.74, 6) is 0.823. The van der Waals surface area contributed by atoms with Crippen LogP contribution in [0, 0.1) is 0 Å². The highest BCUT2D eigenvalue weighted by Gasteiger charge is 2.17. The second-order valence-corrected chi connectivity index (χ2v) is 6.03. The third-order valence-electron chi connectivity index (χ3n) is 2.81. The molecular formula is C17H17Cl2NO4. The molecule has 0 N–H and O–H groups in total. The molecule has 1 atom stereocenters. The summed E-state index contributed by atoms with van der Waals surface area (Å²) in [6, 6.07) is 9.88. The van der Waals surface area contributed by atoms with Crippen molar-refractivity contribution in [1.82, 2.24) is 4.98 Å². The maximum Gasteiger partial charge on any atom is 0.347 e. The van der Waals surface area contributed by atoms with Crippen LogP contribution in [0.25, 0.3) is 0 Å². The van der Waals surface area contributed by atoms with Crippen molar-refractivity contribution in [3.63, 3.8) is 0 Å². The van der Waals surface area contributed by atoms with Crippen LogP contribution in [0.4, 0.5) is 0 Å². The predicted octanol–water partition coefficient (Wildman–Crippen LogP) is 4.90.